The van der Waals surface area contributed by atoms with Crippen LogP contribution >= 0.6 is 0 Å². The van der Waals surface area contributed by atoms with Gasteiger partial charge in [-0.05, 0) is 38.5 Å². The van der Waals surface area contributed by atoms with Gasteiger partial charge in [0.05, 0.1) is 11.6 Å². The smallest absolute Gasteiger partial charge is 0.240 e. The van der Waals surface area contributed by atoms with Crippen molar-refractivity contribution in [2.75, 3.05) is 13.2 Å². The molecule has 4 nitrogen and oxygen atoms in total. The van der Waals surface area contributed by atoms with Crippen LogP contribution in [-0.2, 0) is 9.53 Å². The Morgan fingerprint density at radius 1 is 1.41 bits per heavy atom. The van der Waals surface area contributed by atoms with Crippen molar-refractivity contribution < 1.29 is 9.53 Å². The van der Waals surface area contributed by atoms with Crippen molar-refractivity contribution in [2.24, 2.45) is 5.73 Å². The molecule has 4 heteroatoms. The van der Waals surface area contributed by atoms with Crippen molar-refractivity contribution in [3.05, 3.63) is 0 Å². The lowest BCUT2D eigenvalue weighted by molar-refractivity contribution is -0.126. The first-order chi connectivity index (χ1) is 8.12. The van der Waals surface area contributed by atoms with Gasteiger partial charge in [0.1, 0.15) is 0 Å². The van der Waals surface area contributed by atoms with E-state index in [1.807, 2.05) is 13.8 Å². The molecule has 0 bridgehead atoms. The van der Waals surface area contributed by atoms with Crippen LogP contribution in [0.3, 0.4) is 0 Å². The summed E-state index contributed by atoms with van der Waals surface area (Å²) in [4.78, 5) is 11.9. The van der Waals surface area contributed by atoms with E-state index in [4.69, 9.17) is 10.5 Å². The Morgan fingerprint density at radius 2 is 2.12 bits per heavy atom. The third-order valence-electron chi connectivity index (χ3n) is 3.74. The summed E-state index contributed by atoms with van der Waals surface area (Å²) in [6.45, 7) is 5.44. The van der Waals surface area contributed by atoms with Crippen molar-refractivity contribution in [2.45, 2.75) is 64.0 Å². The second kappa shape index (κ2) is 6.97. The molecule has 0 aromatic rings. The highest BCUT2D eigenvalue weighted by molar-refractivity contribution is 5.85. The van der Waals surface area contributed by atoms with E-state index in [0.29, 0.717) is 25.5 Å². The quantitative estimate of drug-likeness (QED) is 0.743. The van der Waals surface area contributed by atoms with Crippen LogP contribution in [0.2, 0.25) is 0 Å². The standard InChI is InChI=1S/C13H26N2O2/c1-3-13(14,4-2)12(16)15-9-8-11-7-5-6-10-17-11/h11H,3-10,14H2,1-2H3,(H,15,16). The number of carbonyl (C=O) groups excluding carboxylic acids is 1. The van der Waals surface area contributed by atoms with Gasteiger partial charge < -0.3 is 15.8 Å². The highest BCUT2D eigenvalue weighted by Gasteiger charge is 2.29. The lowest BCUT2D eigenvalue weighted by Crippen LogP contribution is -2.53. The number of ether oxygens (including phenoxy) is 1. The van der Waals surface area contributed by atoms with Crippen molar-refractivity contribution in [1.29, 1.82) is 0 Å². The molecule has 1 unspecified atom stereocenters. The molecule has 17 heavy (non-hydrogen) atoms. The maximum Gasteiger partial charge on any atom is 0.240 e. The van der Waals surface area contributed by atoms with Gasteiger partial charge in [-0.2, -0.15) is 0 Å². The average Bonchev–Trinajstić information content (AvgIpc) is 2.39. The Balaban J connectivity index is 2.23. The van der Waals surface area contributed by atoms with E-state index in [-0.39, 0.29) is 5.91 Å². The molecule has 3 N–H and O–H groups in total. The van der Waals surface area contributed by atoms with Gasteiger partial charge in [0.15, 0.2) is 0 Å². The molecule has 0 aromatic carbocycles. The summed E-state index contributed by atoms with van der Waals surface area (Å²) in [7, 11) is 0. The summed E-state index contributed by atoms with van der Waals surface area (Å²) in [5.74, 6) is -0.0293. The Labute approximate surface area is 104 Å². The monoisotopic (exact) mass is 242 g/mol. The van der Waals surface area contributed by atoms with Gasteiger partial charge in [-0.15, -0.1) is 0 Å². The van der Waals surface area contributed by atoms with Crippen molar-refractivity contribution in [3.8, 4) is 0 Å². The zero-order valence-corrected chi connectivity index (χ0v) is 11.1. The maximum atomic E-state index is 11.9. The molecule has 0 radical (unpaired) electrons. The van der Waals surface area contributed by atoms with Crippen LogP contribution in [0.5, 0.6) is 0 Å². The zero-order valence-electron chi connectivity index (χ0n) is 11.1. The van der Waals surface area contributed by atoms with Gasteiger partial charge in [0.25, 0.3) is 0 Å². The Morgan fingerprint density at radius 3 is 2.65 bits per heavy atom. The molecule has 0 aromatic heterocycles. The first kappa shape index (κ1) is 14.5. The van der Waals surface area contributed by atoms with E-state index in [9.17, 15) is 4.79 Å². The fourth-order valence-electron chi connectivity index (χ4n) is 2.13. The first-order valence-corrected chi connectivity index (χ1v) is 6.81. The Bertz CT molecular complexity index is 234. The topological polar surface area (TPSA) is 64.4 Å². The van der Waals surface area contributed by atoms with Gasteiger partial charge in [-0.25, -0.2) is 0 Å². The third-order valence-corrected chi connectivity index (χ3v) is 3.74. The van der Waals surface area contributed by atoms with Crippen LogP contribution in [0, 0.1) is 0 Å². The van der Waals surface area contributed by atoms with Gasteiger partial charge in [0, 0.05) is 13.2 Å². The van der Waals surface area contributed by atoms with Crippen molar-refractivity contribution >= 4 is 5.91 Å². The fourth-order valence-corrected chi connectivity index (χ4v) is 2.13. The SMILES string of the molecule is CCC(N)(CC)C(=O)NCCC1CCCCO1. The molecule has 1 fully saturated rings. The maximum absolute atomic E-state index is 11.9. The largest absolute Gasteiger partial charge is 0.378 e. The molecular formula is C13H26N2O2. The summed E-state index contributed by atoms with van der Waals surface area (Å²) >= 11 is 0. The normalized spacial score (nSPS) is 21.2. The Kier molecular flexibility index (Phi) is 5.92. The second-order valence-corrected chi connectivity index (χ2v) is 4.90. The first-order valence-electron chi connectivity index (χ1n) is 6.81. The molecule has 1 rings (SSSR count). The van der Waals surface area contributed by atoms with E-state index in [1.54, 1.807) is 0 Å². The van der Waals surface area contributed by atoms with Crippen LogP contribution in [0.4, 0.5) is 0 Å². The lowest BCUT2D eigenvalue weighted by atomic mass is 9.93. The van der Waals surface area contributed by atoms with E-state index in [1.165, 1.54) is 12.8 Å². The van der Waals surface area contributed by atoms with Crippen LogP contribution in [0.25, 0.3) is 0 Å². The fraction of sp³-hybridized carbons (Fsp3) is 0.923. The van der Waals surface area contributed by atoms with Crippen LogP contribution < -0.4 is 11.1 Å². The number of nitrogens with two attached hydrogens (primary N) is 1. The minimum Gasteiger partial charge on any atom is -0.378 e. The van der Waals surface area contributed by atoms with Gasteiger partial charge in [0.2, 0.25) is 5.91 Å². The van der Waals surface area contributed by atoms with Crippen LogP contribution in [-0.4, -0.2) is 30.7 Å². The number of rotatable bonds is 6. The number of nitrogens with one attached hydrogen (secondary N) is 1. The second-order valence-electron chi connectivity index (χ2n) is 4.90. The molecule has 0 saturated carbocycles. The van der Waals surface area contributed by atoms with E-state index < -0.39 is 5.54 Å². The molecule has 1 heterocycles. The Hall–Kier alpha value is -0.610. The molecule has 1 saturated heterocycles. The number of hydrogen-bond donors (Lipinski definition) is 2. The van der Waals surface area contributed by atoms with Crippen molar-refractivity contribution in [1.82, 2.24) is 5.32 Å². The number of hydrogen-bond acceptors (Lipinski definition) is 3. The molecule has 1 aliphatic rings. The van der Waals surface area contributed by atoms with Crippen LogP contribution in [0.15, 0.2) is 0 Å². The van der Waals surface area contributed by atoms with Gasteiger partial charge >= 0.3 is 0 Å². The van der Waals surface area contributed by atoms with Gasteiger partial charge in [-0.1, -0.05) is 13.8 Å². The average molecular weight is 242 g/mol. The molecular weight excluding hydrogens is 216 g/mol. The highest BCUT2D eigenvalue weighted by atomic mass is 16.5. The minimum atomic E-state index is -0.701. The zero-order chi connectivity index (χ0) is 12.7. The molecule has 1 aliphatic heterocycles. The lowest BCUT2D eigenvalue weighted by Gasteiger charge is -2.26. The van der Waals surface area contributed by atoms with E-state index >= 15 is 0 Å². The summed E-state index contributed by atoms with van der Waals surface area (Å²) in [6, 6.07) is 0. The summed E-state index contributed by atoms with van der Waals surface area (Å²) in [5.41, 5.74) is 5.32. The summed E-state index contributed by atoms with van der Waals surface area (Å²) in [5, 5.41) is 2.93. The molecule has 0 aliphatic carbocycles. The number of amides is 1. The summed E-state index contributed by atoms with van der Waals surface area (Å²) < 4.78 is 5.62. The molecule has 0 spiro atoms. The predicted octanol–water partition coefficient (Wildman–Crippen LogP) is 1.58. The minimum absolute atomic E-state index is 0.0293. The molecule has 1 amide bonds. The van der Waals surface area contributed by atoms with E-state index in [0.717, 1.165) is 19.4 Å². The number of carbonyl (C=O) groups is 1. The van der Waals surface area contributed by atoms with Crippen molar-refractivity contribution in [3.63, 3.8) is 0 Å². The predicted molar refractivity (Wildman–Crippen MR) is 68.7 cm³/mol. The molecule has 100 valence electrons. The van der Waals surface area contributed by atoms with E-state index in [2.05, 4.69) is 5.32 Å². The van der Waals surface area contributed by atoms with Crippen LogP contribution in [0.1, 0.15) is 52.4 Å². The third kappa shape index (κ3) is 4.28. The van der Waals surface area contributed by atoms with Gasteiger partial charge in [-0.3, -0.25) is 4.79 Å². The highest BCUT2D eigenvalue weighted by Crippen LogP contribution is 2.15. The summed E-state index contributed by atoms with van der Waals surface area (Å²) in [6.07, 6.45) is 6.09. The molecule has 1 atom stereocenters.